The number of carbonyl (C=O) groups excluding carboxylic acids is 1. The minimum absolute atomic E-state index is 0.0315. The molecule has 6 heteroatoms. The fourth-order valence-electron chi connectivity index (χ4n) is 1.99. The second kappa shape index (κ2) is 5.65. The second-order valence-corrected chi connectivity index (χ2v) is 4.33. The van der Waals surface area contributed by atoms with Crippen LogP contribution >= 0.6 is 0 Å². The summed E-state index contributed by atoms with van der Waals surface area (Å²) in [5.41, 5.74) is 6.11. The third-order valence-electron chi connectivity index (χ3n) is 2.94. The minimum atomic E-state index is -0.309. The Morgan fingerprint density at radius 2 is 2.29 bits per heavy atom. The molecule has 0 radical (unpaired) electrons. The Balaban J connectivity index is 2.63. The van der Waals surface area contributed by atoms with E-state index >= 15 is 0 Å². The molecule has 1 amide bonds. The normalized spacial score (nSPS) is 23.5. The van der Waals surface area contributed by atoms with Crippen LogP contribution in [0.4, 0.5) is 0 Å². The largest absolute Gasteiger partial charge is 0.369 e. The first kappa shape index (κ1) is 13.5. The predicted octanol–water partition coefficient (Wildman–Crippen LogP) is 0.492. The van der Waals surface area contributed by atoms with Crippen molar-refractivity contribution >= 4 is 17.6 Å². The molecule has 0 bridgehead atoms. The van der Waals surface area contributed by atoms with Crippen LogP contribution in [0.25, 0.3) is 0 Å². The summed E-state index contributed by atoms with van der Waals surface area (Å²) in [6.07, 6.45) is 2.02. The number of hydrazone groups is 1. The molecule has 0 saturated carbocycles. The highest BCUT2D eigenvalue weighted by Gasteiger charge is 2.38. The van der Waals surface area contributed by atoms with Gasteiger partial charge in [-0.1, -0.05) is 13.3 Å². The van der Waals surface area contributed by atoms with Gasteiger partial charge in [0.1, 0.15) is 0 Å². The van der Waals surface area contributed by atoms with Crippen molar-refractivity contribution < 1.29 is 4.79 Å². The molecule has 0 aromatic rings. The van der Waals surface area contributed by atoms with Crippen LogP contribution in [-0.4, -0.2) is 35.2 Å². The van der Waals surface area contributed by atoms with Crippen LogP contribution in [0.2, 0.25) is 0 Å². The summed E-state index contributed by atoms with van der Waals surface area (Å²) in [5.74, 6) is -0.465. The Labute approximate surface area is 102 Å². The lowest BCUT2D eigenvalue weighted by Gasteiger charge is -2.22. The van der Waals surface area contributed by atoms with Crippen LogP contribution in [-0.2, 0) is 4.79 Å². The average Bonchev–Trinajstić information content (AvgIpc) is 2.54. The highest BCUT2D eigenvalue weighted by Crippen LogP contribution is 2.21. The van der Waals surface area contributed by atoms with Crippen molar-refractivity contribution in [3.63, 3.8) is 0 Å². The molecular weight excluding hydrogens is 218 g/mol. The number of amides is 1. The third-order valence-corrected chi connectivity index (χ3v) is 2.94. The molecule has 2 unspecified atom stereocenters. The second-order valence-electron chi connectivity index (χ2n) is 4.33. The number of nitrogens with one attached hydrogen (secondary N) is 2. The highest BCUT2D eigenvalue weighted by molar-refractivity contribution is 6.05. The van der Waals surface area contributed by atoms with E-state index in [4.69, 9.17) is 11.1 Å². The fraction of sp³-hybridized carbons (Fsp3) is 0.727. The zero-order chi connectivity index (χ0) is 13.0. The van der Waals surface area contributed by atoms with Crippen LogP contribution in [0.15, 0.2) is 5.10 Å². The van der Waals surface area contributed by atoms with Crippen molar-refractivity contribution in [2.24, 2.45) is 16.8 Å². The van der Waals surface area contributed by atoms with E-state index in [1.165, 1.54) is 5.01 Å². The van der Waals surface area contributed by atoms with E-state index in [2.05, 4.69) is 17.3 Å². The van der Waals surface area contributed by atoms with Crippen molar-refractivity contribution in [2.75, 3.05) is 6.54 Å². The molecule has 6 nitrogen and oxygen atoms in total. The van der Waals surface area contributed by atoms with Crippen molar-refractivity contribution in [2.45, 2.75) is 39.7 Å². The van der Waals surface area contributed by atoms with Gasteiger partial charge in [-0.05, 0) is 20.3 Å². The van der Waals surface area contributed by atoms with E-state index in [-0.39, 0.29) is 23.8 Å². The van der Waals surface area contributed by atoms with Gasteiger partial charge in [-0.15, -0.1) is 0 Å². The first-order valence-electron chi connectivity index (χ1n) is 5.95. The molecule has 0 fully saturated rings. The molecule has 1 aliphatic heterocycles. The van der Waals surface area contributed by atoms with Gasteiger partial charge in [0, 0.05) is 6.54 Å². The van der Waals surface area contributed by atoms with Gasteiger partial charge in [0.05, 0.1) is 17.7 Å². The van der Waals surface area contributed by atoms with E-state index in [1.807, 2.05) is 6.92 Å². The molecule has 0 aromatic heterocycles. The van der Waals surface area contributed by atoms with Gasteiger partial charge in [-0.2, -0.15) is 5.10 Å². The van der Waals surface area contributed by atoms with Gasteiger partial charge in [-0.3, -0.25) is 10.2 Å². The van der Waals surface area contributed by atoms with Gasteiger partial charge < -0.3 is 11.1 Å². The fourth-order valence-corrected chi connectivity index (χ4v) is 1.99. The molecule has 0 saturated heterocycles. The number of carbonyl (C=O) groups is 1. The van der Waals surface area contributed by atoms with Gasteiger partial charge in [-0.25, -0.2) is 5.01 Å². The van der Waals surface area contributed by atoms with Crippen LogP contribution < -0.4 is 11.1 Å². The summed E-state index contributed by atoms with van der Waals surface area (Å²) in [7, 11) is 0. The zero-order valence-electron chi connectivity index (χ0n) is 10.7. The predicted molar refractivity (Wildman–Crippen MR) is 67.7 cm³/mol. The number of rotatable bonds is 4. The quantitative estimate of drug-likeness (QED) is 0.378. The van der Waals surface area contributed by atoms with E-state index in [1.54, 1.807) is 6.92 Å². The first-order chi connectivity index (χ1) is 7.99. The van der Waals surface area contributed by atoms with Crippen LogP contribution in [0.1, 0.15) is 33.6 Å². The summed E-state index contributed by atoms with van der Waals surface area (Å²) in [5, 5.41) is 15.8. The maximum atomic E-state index is 12.0. The monoisotopic (exact) mass is 239 g/mol. The summed E-state index contributed by atoms with van der Waals surface area (Å²) < 4.78 is 0. The Kier molecular flexibility index (Phi) is 4.48. The lowest BCUT2D eigenvalue weighted by atomic mass is 9.97. The molecule has 0 spiro atoms. The molecule has 0 aliphatic carbocycles. The van der Waals surface area contributed by atoms with Gasteiger partial charge in [0.15, 0.2) is 0 Å². The van der Waals surface area contributed by atoms with Crippen LogP contribution in [0, 0.1) is 11.3 Å². The molecule has 2 atom stereocenters. The molecule has 1 aliphatic rings. The van der Waals surface area contributed by atoms with Gasteiger partial charge >= 0.3 is 0 Å². The molecule has 17 heavy (non-hydrogen) atoms. The molecule has 96 valence electrons. The van der Waals surface area contributed by atoms with Crippen molar-refractivity contribution in [1.82, 2.24) is 10.3 Å². The number of hydrogen-bond acceptors (Lipinski definition) is 3. The Hall–Kier alpha value is -1.59. The lowest BCUT2D eigenvalue weighted by Crippen LogP contribution is -2.44. The number of nitrogens with two attached hydrogens (primary N) is 1. The maximum absolute atomic E-state index is 12.0. The molecule has 1 heterocycles. The van der Waals surface area contributed by atoms with E-state index in [0.29, 0.717) is 12.3 Å². The molecular formula is C11H21N5O. The van der Waals surface area contributed by atoms with E-state index in [0.717, 1.165) is 12.8 Å². The number of guanidine groups is 1. The van der Waals surface area contributed by atoms with Gasteiger partial charge in [0.2, 0.25) is 11.9 Å². The summed E-state index contributed by atoms with van der Waals surface area (Å²) in [6.45, 7) is 6.41. The molecule has 4 N–H and O–H groups in total. The number of unbranched alkanes of at least 4 members (excludes halogenated alkanes) is 1. The summed E-state index contributed by atoms with van der Waals surface area (Å²) in [6, 6.07) is -0.186. The standard InChI is InChI=1S/C11H21N5O/c1-4-5-6-14-10(17)9-7(2)15-16(8(9)3)11(12)13/h8-9H,4-6H2,1-3H3,(H3,12,13)(H,14,17). The maximum Gasteiger partial charge on any atom is 0.231 e. The van der Waals surface area contributed by atoms with Crippen LogP contribution in [0.5, 0.6) is 0 Å². The topological polar surface area (TPSA) is 94.6 Å². The van der Waals surface area contributed by atoms with E-state index in [9.17, 15) is 4.79 Å². The average molecular weight is 239 g/mol. The zero-order valence-corrected chi connectivity index (χ0v) is 10.7. The lowest BCUT2D eigenvalue weighted by molar-refractivity contribution is -0.123. The minimum Gasteiger partial charge on any atom is -0.369 e. The first-order valence-corrected chi connectivity index (χ1v) is 5.95. The SMILES string of the molecule is CCCCNC(=O)C1C(C)=NN(C(=N)N)C1C. The van der Waals surface area contributed by atoms with Crippen molar-refractivity contribution in [3.05, 3.63) is 0 Å². The smallest absolute Gasteiger partial charge is 0.231 e. The molecule has 1 rings (SSSR count). The summed E-state index contributed by atoms with van der Waals surface area (Å²) in [4.78, 5) is 12.0. The summed E-state index contributed by atoms with van der Waals surface area (Å²) >= 11 is 0. The van der Waals surface area contributed by atoms with Gasteiger partial charge in [0.25, 0.3) is 0 Å². The molecule has 0 aromatic carbocycles. The van der Waals surface area contributed by atoms with Crippen molar-refractivity contribution in [1.29, 1.82) is 5.41 Å². The van der Waals surface area contributed by atoms with E-state index < -0.39 is 0 Å². The highest BCUT2D eigenvalue weighted by atomic mass is 16.2. The Morgan fingerprint density at radius 3 is 2.76 bits per heavy atom. The van der Waals surface area contributed by atoms with Crippen molar-refractivity contribution in [3.8, 4) is 0 Å². The number of hydrogen-bond donors (Lipinski definition) is 3. The Morgan fingerprint density at radius 1 is 1.65 bits per heavy atom. The number of nitrogens with zero attached hydrogens (tertiary/aromatic N) is 2. The Bertz CT molecular complexity index is 339. The third kappa shape index (κ3) is 2.95. The van der Waals surface area contributed by atoms with Crippen LogP contribution in [0.3, 0.4) is 0 Å².